The summed E-state index contributed by atoms with van der Waals surface area (Å²) in [5, 5.41) is 1.24. The summed E-state index contributed by atoms with van der Waals surface area (Å²) in [4.78, 5) is 19.8. The van der Waals surface area contributed by atoms with Gasteiger partial charge in [0.25, 0.3) is 0 Å². The summed E-state index contributed by atoms with van der Waals surface area (Å²) in [6.45, 7) is 0. The lowest BCUT2D eigenvalue weighted by molar-refractivity contribution is 0.664. The standard InChI is InChI=1S/C32H25N5/c1-3-11-22(12-4-1)27-21-28(36-31(35-27)23-13-5-2-6-14-23)26-17-9-19-30(34-26)37-29-18-8-7-15-24(29)25-16-10-20-33-32(25)37/h1-6,9-14,16-17,19-21H,7-8,15,18H2. The molecule has 0 radical (unpaired) electrons. The Bertz CT molecular complexity index is 1660. The Kier molecular flexibility index (Phi) is 5.32. The fourth-order valence-electron chi connectivity index (χ4n) is 5.35. The van der Waals surface area contributed by atoms with Crippen LogP contribution in [0, 0.1) is 0 Å². The van der Waals surface area contributed by atoms with Crippen LogP contribution in [0.4, 0.5) is 0 Å². The largest absolute Gasteiger partial charge is 0.282 e. The molecule has 0 saturated heterocycles. The van der Waals surface area contributed by atoms with Crippen molar-refractivity contribution in [1.29, 1.82) is 0 Å². The minimum Gasteiger partial charge on any atom is -0.282 e. The van der Waals surface area contributed by atoms with Crippen molar-refractivity contribution >= 4 is 11.0 Å². The maximum Gasteiger partial charge on any atom is 0.160 e. The van der Waals surface area contributed by atoms with E-state index >= 15 is 0 Å². The molecular weight excluding hydrogens is 454 g/mol. The highest BCUT2D eigenvalue weighted by Crippen LogP contribution is 2.34. The fraction of sp³-hybridized carbons (Fsp3) is 0.125. The van der Waals surface area contributed by atoms with E-state index in [4.69, 9.17) is 19.9 Å². The summed E-state index contributed by atoms with van der Waals surface area (Å²) in [6.07, 6.45) is 6.42. The second-order valence-electron chi connectivity index (χ2n) is 9.42. The summed E-state index contributed by atoms with van der Waals surface area (Å²) >= 11 is 0. The van der Waals surface area contributed by atoms with E-state index in [9.17, 15) is 0 Å². The molecule has 37 heavy (non-hydrogen) atoms. The van der Waals surface area contributed by atoms with Gasteiger partial charge in [-0.1, -0.05) is 66.7 Å². The van der Waals surface area contributed by atoms with Crippen molar-refractivity contribution in [2.24, 2.45) is 0 Å². The summed E-state index contributed by atoms with van der Waals surface area (Å²) in [7, 11) is 0. The van der Waals surface area contributed by atoms with E-state index in [0.29, 0.717) is 5.82 Å². The number of aryl methyl sites for hydroxylation is 1. The minimum absolute atomic E-state index is 0.689. The van der Waals surface area contributed by atoms with Crippen LogP contribution in [0.2, 0.25) is 0 Å². The number of rotatable bonds is 4. The highest BCUT2D eigenvalue weighted by molar-refractivity contribution is 5.84. The lowest BCUT2D eigenvalue weighted by Crippen LogP contribution is -2.09. The smallest absolute Gasteiger partial charge is 0.160 e. The molecular formula is C32H25N5. The van der Waals surface area contributed by atoms with Crippen LogP contribution < -0.4 is 0 Å². The number of fused-ring (bicyclic) bond motifs is 3. The van der Waals surface area contributed by atoms with Crippen LogP contribution in [-0.2, 0) is 12.8 Å². The summed E-state index contributed by atoms with van der Waals surface area (Å²) < 4.78 is 2.25. The average Bonchev–Trinajstić information content (AvgIpc) is 3.32. The Morgan fingerprint density at radius 1 is 0.595 bits per heavy atom. The van der Waals surface area contributed by atoms with Crippen LogP contribution in [0.5, 0.6) is 0 Å². The van der Waals surface area contributed by atoms with E-state index in [1.807, 2.05) is 72.9 Å². The van der Waals surface area contributed by atoms with Gasteiger partial charge in [0.15, 0.2) is 5.82 Å². The van der Waals surface area contributed by atoms with Crippen molar-refractivity contribution in [3.05, 3.63) is 115 Å². The maximum absolute atomic E-state index is 5.15. The number of nitrogens with zero attached hydrogens (tertiary/aromatic N) is 5. The van der Waals surface area contributed by atoms with Gasteiger partial charge >= 0.3 is 0 Å². The van der Waals surface area contributed by atoms with Gasteiger partial charge in [-0.2, -0.15) is 0 Å². The molecule has 0 aliphatic heterocycles. The van der Waals surface area contributed by atoms with Gasteiger partial charge in [-0.3, -0.25) is 4.57 Å². The van der Waals surface area contributed by atoms with Gasteiger partial charge in [0, 0.05) is 28.4 Å². The van der Waals surface area contributed by atoms with E-state index in [-0.39, 0.29) is 0 Å². The molecule has 0 unspecified atom stereocenters. The number of aromatic nitrogens is 5. The molecule has 1 aliphatic rings. The maximum atomic E-state index is 5.15. The fourth-order valence-corrected chi connectivity index (χ4v) is 5.35. The molecule has 5 nitrogen and oxygen atoms in total. The van der Waals surface area contributed by atoms with Gasteiger partial charge in [0.1, 0.15) is 11.5 Å². The van der Waals surface area contributed by atoms with Crippen molar-refractivity contribution in [3.8, 4) is 39.9 Å². The first-order chi connectivity index (χ1) is 18.3. The first-order valence-electron chi connectivity index (χ1n) is 12.8. The van der Waals surface area contributed by atoms with Crippen molar-refractivity contribution < 1.29 is 0 Å². The zero-order valence-corrected chi connectivity index (χ0v) is 20.4. The molecule has 4 heterocycles. The zero-order valence-electron chi connectivity index (χ0n) is 20.4. The molecule has 178 valence electrons. The minimum atomic E-state index is 0.689. The predicted molar refractivity (Wildman–Crippen MR) is 147 cm³/mol. The average molecular weight is 480 g/mol. The van der Waals surface area contributed by atoms with E-state index < -0.39 is 0 Å². The Hall–Kier alpha value is -4.64. The Balaban J connectivity index is 1.41. The molecule has 0 amide bonds. The third kappa shape index (κ3) is 3.89. The van der Waals surface area contributed by atoms with E-state index in [0.717, 1.165) is 52.5 Å². The van der Waals surface area contributed by atoms with Crippen molar-refractivity contribution in [3.63, 3.8) is 0 Å². The molecule has 2 aromatic carbocycles. The topological polar surface area (TPSA) is 56.5 Å². The third-order valence-corrected chi connectivity index (χ3v) is 7.09. The van der Waals surface area contributed by atoms with Crippen LogP contribution in [-0.4, -0.2) is 24.5 Å². The second kappa shape index (κ2) is 9.10. The monoisotopic (exact) mass is 479 g/mol. The number of hydrogen-bond acceptors (Lipinski definition) is 4. The highest BCUT2D eigenvalue weighted by Gasteiger charge is 2.22. The molecule has 0 spiro atoms. The lowest BCUT2D eigenvalue weighted by atomic mass is 9.96. The van der Waals surface area contributed by atoms with E-state index in [1.165, 1.54) is 29.5 Å². The third-order valence-electron chi connectivity index (χ3n) is 7.09. The SMILES string of the molecule is c1ccc(-c2cc(-c3cccc(-n4c5c(c6cccnc64)CCCC5)n3)nc(-c3ccccc3)n2)cc1. The quantitative estimate of drug-likeness (QED) is 0.271. The Labute approximate surface area is 215 Å². The van der Waals surface area contributed by atoms with Gasteiger partial charge in [-0.15, -0.1) is 0 Å². The molecule has 4 aromatic heterocycles. The van der Waals surface area contributed by atoms with Crippen LogP contribution in [0.1, 0.15) is 24.1 Å². The zero-order chi connectivity index (χ0) is 24.6. The summed E-state index contributed by atoms with van der Waals surface area (Å²) in [5.41, 5.74) is 8.26. The van der Waals surface area contributed by atoms with Crippen molar-refractivity contribution in [1.82, 2.24) is 24.5 Å². The van der Waals surface area contributed by atoms with Gasteiger partial charge in [-0.25, -0.2) is 19.9 Å². The van der Waals surface area contributed by atoms with E-state index in [1.54, 1.807) is 0 Å². The van der Waals surface area contributed by atoms with Crippen LogP contribution in [0.15, 0.2) is 103 Å². The summed E-state index contributed by atoms with van der Waals surface area (Å²) in [6, 6.07) is 32.8. The summed E-state index contributed by atoms with van der Waals surface area (Å²) in [5.74, 6) is 1.57. The molecule has 7 rings (SSSR count). The van der Waals surface area contributed by atoms with Gasteiger partial charge < -0.3 is 0 Å². The number of hydrogen-bond donors (Lipinski definition) is 0. The van der Waals surface area contributed by atoms with Crippen LogP contribution in [0.3, 0.4) is 0 Å². The predicted octanol–water partition coefficient (Wildman–Crippen LogP) is 7.09. The van der Waals surface area contributed by atoms with Crippen LogP contribution in [0.25, 0.3) is 50.9 Å². The number of benzene rings is 2. The molecule has 0 atom stereocenters. The first kappa shape index (κ1) is 21.6. The molecule has 0 N–H and O–H groups in total. The normalized spacial score (nSPS) is 13.0. The molecule has 0 saturated carbocycles. The molecule has 5 heteroatoms. The van der Waals surface area contributed by atoms with Crippen molar-refractivity contribution in [2.45, 2.75) is 25.7 Å². The van der Waals surface area contributed by atoms with Gasteiger partial charge in [0.2, 0.25) is 0 Å². The highest BCUT2D eigenvalue weighted by atomic mass is 15.1. The van der Waals surface area contributed by atoms with Crippen LogP contribution >= 0.6 is 0 Å². The van der Waals surface area contributed by atoms with Gasteiger partial charge in [-0.05, 0) is 61.6 Å². The first-order valence-corrected chi connectivity index (χ1v) is 12.8. The number of pyridine rings is 2. The molecule has 1 aliphatic carbocycles. The molecule has 0 fully saturated rings. The van der Waals surface area contributed by atoms with E-state index in [2.05, 4.69) is 34.9 Å². The second-order valence-corrected chi connectivity index (χ2v) is 9.42. The van der Waals surface area contributed by atoms with Crippen molar-refractivity contribution in [2.75, 3.05) is 0 Å². The lowest BCUT2D eigenvalue weighted by Gasteiger charge is -2.16. The molecule has 6 aromatic rings. The Morgan fingerprint density at radius 3 is 2.19 bits per heavy atom. The molecule has 0 bridgehead atoms. The van der Waals surface area contributed by atoms with Gasteiger partial charge in [0.05, 0.1) is 17.1 Å². The Morgan fingerprint density at radius 2 is 1.35 bits per heavy atom.